The Morgan fingerprint density at radius 2 is 2.13 bits per heavy atom. The van der Waals surface area contributed by atoms with Crippen molar-refractivity contribution in [3.63, 3.8) is 0 Å². The fourth-order valence-corrected chi connectivity index (χ4v) is 1.06. The molecule has 0 aliphatic heterocycles. The van der Waals surface area contributed by atoms with E-state index in [4.69, 9.17) is 11.1 Å². The Morgan fingerprint density at radius 3 is 2.53 bits per heavy atom. The van der Waals surface area contributed by atoms with Gasteiger partial charge in [-0.2, -0.15) is 0 Å². The zero-order valence-electron chi connectivity index (χ0n) is 9.46. The van der Waals surface area contributed by atoms with Crippen molar-refractivity contribution in [1.29, 1.82) is 5.41 Å². The van der Waals surface area contributed by atoms with Crippen LogP contribution < -0.4 is 11.1 Å². The number of pyridine rings is 1. The molecule has 0 atom stereocenters. The minimum atomic E-state index is 0.00494. The average Bonchev–Trinajstić information content (AvgIpc) is 2.14. The normalized spacial score (nSPS) is 11.4. The number of aromatic nitrogens is 1. The van der Waals surface area contributed by atoms with Crippen molar-refractivity contribution in [1.82, 2.24) is 10.3 Å². The Labute approximate surface area is 90.4 Å². The molecule has 15 heavy (non-hydrogen) atoms. The van der Waals surface area contributed by atoms with Gasteiger partial charge in [0.1, 0.15) is 11.5 Å². The SMILES string of the molecule is CC(C)(C)NCc1ccc(C(=N)N)nc1. The lowest BCUT2D eigenvalue weighted by Gasteiger charge is -2.20. The zero-order chi connectivity index (χ0) is 11.5. The summed E-state index contributed by atoms with van der Waals surface area (Å²) in [5, 5.41) is 10.6. The molecule has 0 bridgehead atoms. The topological polar surface area (TPSA) is 74.8 Å². The minimum Gasteiger partial charge on any atom is -0.382 e. The molecule has 0 unspecified atom stereocenters. The maximum atomic E-state index is 7.21. The summed E-state index contributed by atoms with van der Waals surface area (Å²) in [5.74, 6) is 0.00494. The second kappa shape index (κ2) is 4.40. The highest BCUT2D eigenvalue weighted by atomic mass is 14.9. The lowest BCUT2D eigenvalue weighted by atomic mass is 10.1. The first-order chi connectivity index (χ1) is 6.88. The minimum absolute atomic E-state index is 0.00494. The highest BCUT2D eigenvalue weighted by molar-refractivity contribution is 5.92. The van der Waals surface area contributed by atoms with Gasteiger partial charge in [-0.05, 0) is 32.4 Å². The van der Waals surface area contributed by atoms with Crippen molar-refractivity contribution in [3.8, 4) is 0 Å². The molecular formula is C11H18N4. The van der Waals surface area contributed by atoms with Crippen molar-refractivity contribution in [2.24, 2.45) is 5.73 Å². The summed E-state index contributed by atoms with van der Waals surface area (Å²) in [6.45, 7) is 7.12. The summed E-state index contributed by atoms with van der Waals surface area (Å²) >= 11 is 0. The first-order valence-corrected chi connectivity index (χ1v) is 4.93. The molecule has 0 fully saturated rings. The van der Waals surface area contributed by atoms with Crippen LogP contribution in [0.1, 0.15) is 32.0 Å². The molecule has 0 aliphatic carbocycles. The fourth-order valence-electron chi connectivity index (χ4n) is 1.06. The summed E-state index contributed by atoms with van der Waals surface area (Å²) in [4.78, 5) is 4.09. The fraction of sp³-hybridized carbons (Fsp3) is 0.455. The van der Waals surface area contributed by atoms with Gasteiger partial charge in [-0.15, -0.1) is 0 Å². The van der Waals surface area contributed by atoms with E-state index in [9.17, 15) is 0 Å². The van der Waals surface area contributed by atoms with Crippen LogP contribution in [-0.4, -0.2) is 16.4 Å². The van der Waals surface area contributed by atoms with Gasteiger partial charge < -0.3 is 11.1 Å². The quantitative estimate of drug-likeness (QED) is 0.514. The number of hydrogen-bond acceptors (Lipinski definition) is 3. The molecule has 0 saturated carbocycles. The van der Waals surface area contributed by atoms with Crippen LogP contribution in [0.2, 0.25) is 0 Å². The molecule has 4 heteroatoms. The molecule has 4 N–H and O–H groups in total. The van der Waals surface area contributed by atoms with Crippen molar-refractivity contribution < 1.29 is 0 Å². The maximum Gasteiger partial charge on any atom is 0.141 e. The van der Waals surface area contributed by atoms with Gasteiger partial charge in [0.25, 0.3) is 0 Å². The number of rotatable bonds is 3. The number of nitrogen functional groups attached to an aromatic ring is 1. The van der Waals surface area contributed by atoms with Crippen LogP contribution in [0.25, 0.3) is 0 Å². The van der Waals surface area contributed by atoms with Gasteiger partial charge in [-0.3, -0.25) is 10.4 Å². The van der Waals surface area contributed by atoms with E-state index in [0.717, 1.165) is 12.1 Å². The number of hydrogen-bond donors (Lipinski definition) is 3. The third-order valence-electron chi connectivity index (χ3n) is 1.92. The van der Waals surface area contributed by atoms with Gasteiger partial charge in [-0.1, -0.05) is 6.07 Å². The van der Waals surface area contributed by atoms with E-state index in [0.29, 0.717) is 5.69 Å². The third kappa shape index (κ3) is 4.08. The molecule has 0 aromatic carbocycles. The molecule has 82 valence electrons. The van der Waals surface area contributed by atoms with Gasteiger partial charge in [0.05, 0.1) is 0 Å². The lowest BCUT2D eigenvalue weighted by Crippen LogP contribution is -2.35. The smallest absolute Gasteiger partial charge is 0.141 e. The second-order valence-corrected chi connectivity index (χ2v) is 4.57. The van der Waals surface area contributed by atoms with Crippen LogP contribution in [0.3, 0.4) is 0 Å². The second-order valence-electron chi connectivity index (χ2n) is 4.57. The van der Waals surface area contributed by atoms with Crippen molar-refractivity contribution >= 4 is 5.84 Å². The summed E-state index contributed by atoms with van der Waals surface area (Å²) < 4.78 is 0. The van der Waals surface area contributed by atoms with Crippen LogP contribution in [0.5, 0.6) is 0 Å². The highest BCUT2D eigenvalue weighted by Crippen LogP contribution is 2.04. The van der Waals surface area contributed by atoms with Crippen LogP contribution >= 0.6 is 0 Å². The van der Waals surface area contributed by atoms with Crippen LogP contribution in [0.15, 0.2) is 18.3 Å². The van der Waals surface area contributed by atoms with Crippen LogP contribution in [0.4, 0.5) is 0 Å². The van der Waals surface area contributed by atoms with E-state index in [2.05, 4.69) is 31.1 Å². The summed E-state index contributed by atoms with van der Waals surface area (Å²) in [7, 11) is 0. The molecule has 1 heterocycles. The van der Waals surface area contributed by atoms with E-state index in [-0.39, 0.29) is 11.4 Å². The van der Waals surface area contributed by atoms with Crippen LogP contribution in [-0.2, 0) is 6.54 Å². The number of amidine groups is 1. The van der Waals surface area contributed by atoms with Crippen molar-refractivity contribution in [2.75, 3.05) is 0 Å². The highest BCUT2D eigenvalue weighted by Gasteiger charge is 2.08. The largest absolute Gasteiger partial charge is 0.382 e. The first kappa shape index (κ1) is 11.7. The van der Waals surface area contributed by atoms with Gasteiger partial charge in [-0.25, -0.2) is 0 Å². The average molecular weight is 206 g/mol. The first-order valence-electron chi connectivity index (χ1n) is 4.93. The zero-order valence-corrected chi connectivity index (χ0v) is 9.46. The summed E-state index contributed by atoms with van der Waals surface area (Å²) in [6, 6.07) is 3.70. The van der Waals surface area contributed by atoms with Crippen LogP contribution in [0, 0.1) is 5.41 Å². The summed E-state index contributed by atoms with van der Waals surface area (Å²) in [6.07, 6.45) is 1.75. The molecule has 0 saturated heterocycles. The predicted molar refractivity (Wildman–Crippen MR) is 61.8 cm³/mol. The van der Waals surface area contributed by atoms with E-state index in [1.54, 1.807) is 12.3 Å². The van der Waals surface area contributed by atoms with Crippen molar-refractivity contribution in [2.45, 2.75) is 32.9 Å². The van der Waals surface area contributed by atoms with E-state index in [1.165, 1.54) is 0 Å². The molecule has 0 spiro atoms. The molecular weight excluding hydrogens is 188 g/mol. The Bertz CT molecular complexity index is 335. The van der Waals surface area contributed by atoms with Gasteiger partial charge >= 0.3 is 0 Å². The Kier molecular flexibility index (Phi) is 3.42. The van der Waals surface area contributed by atoms with E-state index in [1.807, 2.05) is 6.07 Å². The molecule has 0 amide bonds. The van der Waals surface area contributed by atoms with Gasteiger partial charge in [0.2, 0.25) is 0 Å². The number of nitrogens with zero attached hydrogens (tertiary/aromatic N) is 1. The molecule has 0 radical (unpaired) electrons. The Hall–Kier alpha value is -1.42. The molecule has 4 nitrogen and oxygen atoms in total. The number of nitrogens with two attached hydrogens (primary N) is 1. The molecule has 1 aromatic heterocycles. The van der Waals surface area contributed by atoms with E-state index < -0.39 is 0 Å². The molecule has 0 aliphatic rings. The lowest BCUT2D eigenvalue weighted by molar-refractivity contribution is 0.424. The Morgan fingerprint density at radius 1 is 1.47 bits per heavy atom. The standard InChI is InChI=1S/C11H18N4/c1-11(2,3)15-7-8-4-5-9(10(12)13)14-6-8/h4-6,15H,7H2,1-3H3,(H3,12,13). The predicted octanol–water partition coefficient (Wildman–Crippen LogP) is 1.25. The van der Waals surface area contributed by atoms with Crippen molar-refractivity contribution in [3.05, 3.63) is 29.6 Å². The third-order valence-corrected chi connectivity index (χ3v) is 1.92. The monoisotopic (exact) mass is 206 g/mol. The van der Waals surface area contributed by atoms with Gasteiger partial charge in [0, 0.05) is 18.3 Å². The van der Waals surface area contributed by atoms with E-state index >= 15 is 0 Å². The molecule has 1 rings (SSSR count). The molecule has 1 aromatic rings. The summed E-state index contributed by atoms with van der Waals surface area (Å²) in [5.41, 5.74) is 7.02. The Balaban J connectivity index is 2.61. The number of nitrogens with one attached hydrogen (secondary N) is 2. The van der Waals surface area contributed by atoms with Gasteiger partial charge in [0.15, 0.2) is 0 Å². The maximum absolute atomic E-state index is 7.21.